The van der Waals surface area contributed by atoms with Crippen LogP contribution in [0.4, 0.5) is 5.69 Å². The number of rotatable bonds is 4. The van der Waals surface area contributed by atoms with Crippen molar-refractivity contribution in [3.8, 4) is 0 Å². The molecule has 3 rings (SSSR count). The molecule has 0 aromatic heterocycles. The number of Topliss-reactive ketones (excluding diaryl/α,β-unsaturated/α-hetero) is 1. The lowest BCUT2D eigenvalue weighted by molar-refractivity contribution is 0.0975. The van der Waals surface area contributed by atoms with E-state index in [0.717, 1.165) is 18.4 Å². The molecule has 0 spiro atoms. The Morgan fingerprint density at radius 2 is 1.86 bits per heavy atom. The van der Waals surface area contributed by atoms with Crippen LogP contribution in [0, 0.1) is 0 Å². The summed E-state index contributed by atoms with van der Waals surface area (Å²) in [6, 6.07) is 16.7. The molecule has 1 aliphatic rings. The minimum atomic E-state index is 0.229. The molecule has 0 fully saturated rings. The number of hydrogen-bond donors (Lipinski definition) is 1. The van der Waals surface area contributed by atoms with Crippen molar-refractivity contribution in [2.75, 3.05) is 5.32 Å². The van der Waals surface area contributed by atoms with E-state index in [0.29, 0.717) is 12.3 Å². The number of carbonyl (C=O) groups excluding carboxylic acids is 1. The average Bonchev–Trinajstić information content (AvgIpc) is 2.55. The van der Waals surface area contributed by atoms with Gasteiger partial charge in [0.25, 0.3) is 0 Å². The Morgan fingerprint density at radius 1 is 1.14 bits per heavy atom. The maximum Gasteiger partial charge on any atom is 0.164 e. The second-order valence-electron chi connectivity index (χ2n) is 6.44. The van der Waals surface area contributed by atoms with Gasteiger partial charge in [-0.1, -0.05) is 56.3 Å². The predicted molar refractivity (Wildman–Crippen MR) is 91.7 cm³/mol. The van der Waals surface area contributed by atoms with E-state index in [1.54, 1.807) is 0 Å². The molecule has 0 saturated heterocycles. The van der Waals surface area contributed by atoms with Gasteiger partial charge in [-0.2, -0.15) is 0 Å². The number of aryl methyl sites for hydroxylation is 1. The summed E-state index contributed by atoms with van der Waals surface area (Å²) in [6.07, 6.45) is 2.63. The Hall–Kier alpha value is -2.09. The number of anilines is 1. The Bertz CT molecular complexity index is 658. The number of carbonyl (C=O) groups is 1. The van der Waals surface area contributed by atoms with Gasteiger partial charge < -0.3 is 5.32 Å². The van der Waals surface area contributed by atoms with E-state index in [1.165, 1.54) is 16.8 Å². The summed E-state index contributed by atoms with van der Waals surface area (Å²) in [4.78, 5) is 12.5. The van der Waals surface area contributed by atoms with E-state index in [9.17, 15) is 4.79 Å². The van der Waals surface area contributed by atoms with Gasteiger partial charge in [0.1, 0.15) is 0 Å². The fraction of sp³-hybridized carbons (Fsp3) is 0.350. The zero-order chi connectivity index (χ0) is 15.5. The van der Waals surface area contributed by atoms with E-state index in [2.05, 4.69) is 49.5 Å². The molecule has 114 valence electrons. The normalized spacial score (nSPS) is 17.0. The smallest absolute Gasteiger partial charge is 0.164 e. The Kier molecular flexibility index (Phi) is 4.28. The Labute approximate surface area is 132 Å². The molecule has 1 aliphatic heterocycles. The molecule has 1 N–H and O–H groups in total. The van der Waals surface area contributed by atoms with E-state index in [4.69, 9.17) is 0 Å². The van der Waals surface area contributed by atoms with Gasteiger partial charge in [-0.3, -0.25) is 4.79 Å². The van der Waals surface area contributed by atoms with Crippen LogP contribution in [0.3, 0.4) is 0 Å². The first-order valence-electron chi connectivity index (χ1n) is 8.11. The van der Waals surface area contributed by atoms with Crippen molar-refractivity contribution >= 4 is 11.5 Å². The first-order valence-corrected chi connectivity index (χ1v) is 8.11. The third kappa shape index (κ3) is 3.22. The van der Waals surface area contributed by atoms with Gasteiger partial charge in [0.05, 0.1) is 0 Å². The van der Waals surface area contributed by atoms with Crippen molar-refractivity contribution in [1.82, 2.24) is 0 Å². The topological polar surface area (TPSA) is 29.1 Å². The molecule has 1 atom stereocenters. The van der Waals surface area contributed by atoms with Crippen molar-refractivity contribution in [3.05, 3.63) is 65.2 Å². The summed E-state index contributed by atoms with van der Waals surface area (Å²) >= 11 is 0. The van der Waals surface area contributed by atoms with Crippen LogP contribution in [-0.4, -0.2) is 11.8 Å². The number of hydrogen-bond acceptors (Lipinski definition) is 2. The van der Waals surface area contributed by atoms with Gasteiger partial charge in [-0.05, 0) is 36.0 Å². The number of para-hydroxylation sites is 1. The summed E-state index contributed by atoms with van der Waals surface area (Å²) in [7, 11) is 0. The van der Waals surface area contributed by atoms with Crippen molar-refractivity contribution < 1.29 is 4.79 Å². The molecule has 2 heteroatoms. The van der Waals surface area contributed by atoms with Crippen LogP contribution in [0.25, 0.3) is 0 Å². The summed E-state index contributed by atoms with van der Waals surface area (Å²) in [5.74, 6) is 0.729. The maximum atomic E-state index is 12.5. The predicted octanol–water partition coefficient (Wildman–Crippen LogP) is 4.81. The molecule has 2 aromatic carbocycles. The highest BCUT2D eigenvalue weighted by atomic mass is 16.1. The molecular formula is C20H23NO. The molecule has 0 saturated carbocycles. The molecule has 0 aliphatic carbocycles. The van der Waals surface area contributed by atoms with Crippen LogP contribution in [0.15, 0.2) is 48.5 Å². The fourth-order valence-electron chi connectivity index (χ4n) is 3.05. The van der Waals surface area contributed by atoms with E-state index in [1.807, 2.05) is 18.2 Å². The van der Waals surface area contributed by atoms with Crippen LogP contribution in [0.2, 0.25) is 0 Å². The first-order chi connectivity index (χ1) is 10.6. The zero-order valence-electron chi connectivity index (χ0n) is 13.3. The molecule has 0 bridgehead atoms. The monoisotopic (exact) mass is 293 g/mol. The largest absolute Gasteiger partial charge is 0.382 e. The van der Waals surface area contributed by atoms with Crippen LogP contribution in [0.5, 0.6) is 0 Å². The second-order valence-corrected chi connectivity index (χ2v) is 6.44. The van der Waals surface area contributed by atoms with Gasteiger partial charge in [0, 0.05) is 23.7 Å². The van der Waals surface area contributed by atoms with Crippen molar-refractivity contribution in [2.45, 2.75) is 45.1 Å². The molecular weight excluding hydrogens is 270 g/mol. The number of fused-ring (bicyclic) bond motifs is 1. The van der Waals surface area contributed by atoms with E-state index in [-0.39, 0.29) is 11.8 Å². The highest BCUT2D eigenvalue weighted by Gasteiger charge is 2.20. The summed E-state index contributed by atoms with van der Waals surface area (Å²) in [5.41, 5.74) is 4.64. The molecule has 2 nitrogen and oxygen atoms in total. The van der Waals surface area contributed by atoms with Gasteiger partial charge in [-0.15, -0.1) is 0 Å². The third-order valence-electron chi connectivity index (χ3n) is 4.47. The summed E-state index contributed by atoms with van der Waals surface area (Å²) < 4.78 is 0. The van der Waals surface area contributed by atoms with Crippen LogP contribution < -0.4 is 5.32 Å². The number of benzene rings is 2. The van der Waals surface area contributed by atoms with Crippen LogP contribution >= 0.6 is 0 Å². The number of nitrogens with one attached hydrogen (secondary N) is 1. The molecule has 0 amide bonds. The molecule has 1 heterocycles. The zero-order valence-corrected chi connectivity index (χ0v) is 13.3. The molecule has 0 unspecified atom stereocenters. The lowest BCUT2D eigenvalue weighted by atomic mass is 9.93. The Morgan fingerprint density at radius 3 is 2.59 bits per heavy atom. The van der Waals surface area contributed by atoms with Gasteiger partial charge >= 0.3 is 0 Å². The van der Waals surface area contributed by atoms with Crippen LogP contribution in [0.1, 0.15) is 54.1 Å². The highest BCUT2D eigenvalue weighted by Crippen LogP contribution is 2.26. The average molecular weight is 293 g/mol. The minimum Gasteiger partial charge on any atom is -0.382 e. The lowest BCUT2D eigenvalue weighted by Crippen LogP contribution is -2.28. The number of ketones is 1. The van der Waals surface area contributed by atoms with E-state index >= 15 is 0 Å². The molecule has 22 heavy (non-hydrogen) atoms. The Balaban J connectivity index is 1.65. The van der Waals surface area contributed by atoms with Crippen LogP contribution in [-0.2, 0) is 6.42 Å². The fourth-order valence-corrected chi connectivity index (χ4v) is 3.05. The summed E-state index contributed by atoms with van der Waals surface area (Å²) in [5, 5.41) is 3.51. The van der Waals surface area contributed by atoms with Gasteiger partial charge in [0.15, 0.2) is 5.78 Å². The van der Waals surface area contributed by atoms with Crippen molar-refractivity contribution in [3.63, 3.8) is 0 Å². The summed E-state index contributed by atoms with van der Waals surface area (Å²) in [6.45, 7) is 4.33. The molecule has 2 aromatic rings. The van der Waals surface area contributed by atoms with Crippen molar-refractivity contribution in [1.29, 1.82) is 0 Å². The quantitative estimate of drug-likeness (QED) is 0.820. The SMILES string of the molecule is CC(C)c1ccc(C(=O)C[C@H]2CCc3ccccc3N2)cc1. The van der Waals surface area contributed by atoms with Crippen molar-refractivity contribution in [2.24, 2.45) is 0 Å². The minimum absolute atomic E-state index is 0.229. The standard InChI is InChI=1S/C20H23NO/c1-14(2)15-7-9-17(10-8-15)20(22)13-18-12-11-16-5-3-4-6-19(16)21-18/h3-10,14,18,21H,11-13H2,1-2H3/t18-/m1/s1. The maximum absolute atomic E-state index is 12.5. The van der Waals surface area contributed by atoms with E-state index < -0.39 is 0 Å². The lowest BCUT2D eigenvalue weighted by Gasteiger charge is -2.26. The second kappa shape index (κ2) is 6.35. The molecule has 0 radical (unpaired) electrons. The highest BCUT2D eigenvalue weighted by molar-refractivity contribution is 5.96. The third-order valence-corrected chi connectivity index (χ3v) is 4.47. The van der Waals surface area contributed by atoms with Gasteiger partial charge in [-0.25, -0.2) is 0 Å². The first kappa shape index (κ1) is 14.8. The van der Waals surface area contributed by atoms with Gasteiger partial charge in [0.2, 0.25) is 0 Å².